The van der Waals surface area contributed by atoms with Crippen molar-refractivity contribution in [2.75, 3.05) is 50.3 Å². The van der Waals surface area contributed by atoms with Crippen LogP contribution >= 0.6 is 23.5 Å². The third-order valence-corrected chi connectivity index (χ3v) is 14.5. The minimum absolute atomic E-state index is 0.00192. The summed E-state index contributed by atoms with van der Waals surface area (Å²) in [5.41, 5.74) is 0. The van der Waals surface area contributed by atoms with E-state index in [9.17, 15) is 9.59 Å². The van der Waals surface area contributed by atoms with Gasteiger partial charge in [-0.2, -0.15) is 23.5 Å². The molecule has 9 heteroatoms. The zero-order chi connectivity index (χ0) is 44.5. The molecule has 0 bridgehead atoms. The molecule has 1 aliphatic heterocycles. The first-order chi connectivity index (χ1) is 29.8. The molecule has 0 saturated carbocycles. The van der Waals surface area contributed by atoms with Gasteiger partial charge in [0.05, 0.1) is 12.7 Å². The highest BCUT2D eigenvalue weighted by Gasteiger charge is 2.40. The van der Waals surface area contributed by atoms with Crippen molar-refractivity contribution in [3.8, 4) is 0 Å². The van der Waals surface area contributed by atoms with Gasteiger partial charge in [-0.05, 0) is 89.8 Å². The molecule has 0 aromatic rings. The molecule has 362 valence electrons. The number of ether oxygens (including phenoxy) is 4. The van der Waals surface area contributed by atoms with Gasteiger partial charge in [-0.15, -0.1) is 0 Å². The Bertz CT molecular complexity index is 924. The van der Waals surface area contributed by atoms with E-state index in [4.69, 9.17) is 18.9 Å². The lowest BCUT2D eigenvalue weighted by atomic mass is 9.99. The molecule has 0 aromatic heterocycles. The summed E-state index contributed by atoms with van der Waals surface area (Å²) >= 11 is 3.93. The van der Waals surface area contributed by atoms with E-state index in [0.717, 1.165) is 119 Å². The van der Waals surface area contributed by atoms with Crippen LogP contribution in [-0.4, -0.2) is 91.2 Å². The predicted molar refractivity (Wildman–Crippen MR) is 266 cm³/mol. The van der Waals surface area contributed by atoms with E-state index in [-0.39, 0.29) is 30.3 Å². The van der Waals surface area contributed by atoms with Gasteiger partial charge in [0.2, 0.25) is 0 Å². The molecule has 0 N–H and O–H groups in total. The first kappa shape index (κ1) is 58.5. The maximum atomic E-state index is 12.9. The molecule has 0 aliphatic carbocycles. The highest BCUT2D eigenvalue weighted by molar-refractivity contribution is 7.99. The van der Waals surface area contributed by atoms with Crippen molar-refractivity contribution >= 4 is 35.5 Å². The van der Waals surface area contributed by atoms with Crippen molar-refractivity contribution in [2.45, 2.75) is 270 Å². The van der Waals surface area contributed by atoms with Crippen molar-refractivity contribution in [2.24, 2.45) is 0 Å². The molecule has 1 rings (SSSR count). The topological polar surface area (TPSA) is 74.3 Å². The van der Waals surface area contributed by atoms with Crippen molar-refractivity contribution < 1.29 is 28.5 Å². The fourth-order valence-corrected chi connectivity index (χ4v) is 10.5. The van der Waals surface area contributed by atoms with Crippen LogP contribution in [0.3, 0.4) is 0 Å². The van der Waals surface area contributed by atoms with Crippen LogP contribution in [0.2, 0.25) is 0 Å². The fraction of sp³-hybridized carbons (Fsp3) is 0.962. The van der Waals surface area contributed by atoms with Crippen LogP contribution in [0.5, 0.6) is 0 Å². The van der Waals surface area contributed by atoms with Gasteiger partial charge in [-0.1, -0.05) is 156 Å². The van der Waals surface area contributed by atoms with Gasteiger partial charge in [-0.3, -0.25) is 9.59 Å². The van der Waals surface area contributed by atoms with Crippen molar-refractivity contribution in [1.82, 2.24) is 4.90 Å². The number of nitrogens with zero attached hydrogens (tertiary/aromatic N) is 1. The maximum absolute atomic E-state index is 12.9. The molecule has 1 aliphatic rings. The van der Waals surface area contributed by atoms with E-state index in [2.05, 4.69) is 46.7 Å². The van der Waals surface area contributed by atoms with Crippen LogP contribution in [-0.2, 0) is 28.5 Å². The zero-order valence-corrected chi connectivity index (χ0v) is 42.9. The average Bonchev–Trinajstić information content (AvgIpc) is 3.63. The Morgan fingerprint density at radius 1 is 0.541 bits per heavy atom. The monoisotopic (exact) mass is 900 g/mol. The van der Waals surface area contributed by atoms with E-state index in [1.54, 1.807) is 0 Å². The van der Waals surface area contributed by atoms with Crippen LogP contribution in [0.1, 0.15) is 246 Å². The van der Waals surface area contributed by atoms with Gasteiger partial charge in [-0.25, -0.2) is 0 Å². The van der Waals surface area contributed by atoms with E-state index in [1.807, 2.05) is 23.5 Å². The molecular weight excluding hydrogens is 799 g/mol. The molecule has 1 heterocycles. The standard InChI is InChI=1S/C52H101NO6S2/c1-7-11-15-19-21-23-29-37-50(54)57-47(45-60-41-33-17-13-9-3)35-27-25-31-39-52(56-44-49(59-52)43-53(5)6)40-32-26-28-36-48(46-61-42-34-18-14-10-4)58-51(55)38-30-24-22-20-16-12-8-2/h47-49H,7-46H2,1-6H3. The fourth-order valence-electron chi connectivity index (χ4n) is 8.37. The first-order valence-electron chi connectivity index (χ1n) is 26.3. The summed E-state index contributed by atoms with van der Waals surface area (Å²) in [6.07, 6.45) is 38.4. The minimum Gasteiger partial charge on any atom is -0.461 e. The van der Waals surface area contributed by atoms with Gasteiger partial charge in [0.25, 0.3) is 0 Å². The molecule has 0 aromatic carbocycles. The SMILES string of the molecule is CCCCCCCCCC(=O)OC(CCCCCC1(CCCCCC(CSCCCCCC)OC(=O)CCCCCCCCC)OCC(CN(C)C)O1)CSCCCCCC. The van der Waals surface area contributed by atoms with Crippen LogP contribution in [0.4, 0.5) is 0 Å². The number of hydrogen-bond donors (Lipinski definition) is 0. The van der Waals surface area contributed by atoms with Crippen molar-refractivity contribution in [3.05, 3.63) is 0 Å². The predicted octanol–water partition coefficient (Wildman–Crippen LogP) is 15.3. The van der Waals surface area contributed by atoms with E-state index < -0.39 is 5.79 Å². The first-order valence-corrected chi connectivity index (χ1v) is 28.6. The Morgan fingerprint density at radius 2 is 0.918 bits per heavy atom. The quantitative estimate of drug-likeness (QED) is 0.0439. The summed E-state index contributed by atoms with van der Waals surface area (Å²) < 4.78 is 25.5. The summed E-state index contributed by atoms with van der Waals surface area (Å²) in [6, 6.07) is 0. The second-order valence-electron chi connectivity index (χ2n) is 18.7. The van der Waals surface area contributed by atoms with Gasteiger partial charge in [0.1, 0.15) is 12.2 Å². The number of rotatable bonds is 46. The Labute approximate surface area is 387 Å². The zero-order valence-electron chi connectivity index (χ0n) is 41.2. The van der Waals surface area contributed by atoms with E-state index >= 15 is 0 Å². The molecule has 1 fully saturated rings. The molecule has 3 unspecified atom stereocenters. The van der Waals surface area contributed by atoms with Gasteiger partial charge < -0.3 is 23.8 Å². The number of thioether (sulfide) groups is 2. The normalized spacial score (nSPS) is 17.6. The number of carbonyl (C=O) groups is 2. The lowest BCUT2D eigenvalue weighted by molar-refractivity contribution is -0.180. The van der Waals surface area contributed by atoms with Crippen LogP contribution < -0.4 is 0 Å². The molecular formula is C52H101NO6S2. The summed E-state index contributed by atoms with van der Waals surface area (Å²) in [7, 11) is 4.21. The Hall–Kier alpha value is -0.480. The van der Waals surface area contributed by atoms with E-state index in [0.29, 0.717) is 19.4 Å². The summed E-state index contributed by atoms with van der Waals surface area (Å²) in [5, 5.41) is 0. The summed E-state index contributed by atoms with van der Waals surface area (Å²) in [5.74, 6) is 3.60. The third kappa shape index (κ3) is 35.5. The number of unbranched alkanes of at least 4 members (excludes halogenated alkanes) is 22. The minimum atomic E-state index is -0.520. The molecule has 0 radical (unpaired) electrons. The van der Waals surface area contributed by atoms with Gasteiger partial charge >= 0.3 is 11.9 Å². The molecule has 0 spiro atoms. The molecule has 61 heavy (non-hydrogen) atoms. The Kier molecular flexibility index (Phi) is 40.5. The lowest BCUT2D eigenvalue weighted by Gasteiger charge is -2.29. The molecule has 1 saturated heterocycles. The van der Waals surface area contributed by atoms with Crippen LogP contribution in [0.25, 0.3) is 0 Å². The Balaban J connectivity index is 2.65. The van der Waals surface area contributed by atoms with E-state index in [1.165, 1.54) is 116 Å². The highest BCUT2D eigenvalue weighted by atomic mass is 32.2. The smallest absolute Gasteiger partial charge is 0.306 e. The van der Waals surface area contributed by atoms with Crippen molar-refractivity contribution in [3.63, 3.8) is 0 Å². The second-order valence-corrected chi connectivity index (χ2v) is 21.0. The largest absolute Gasteiger partial charge is 0.461 e. The number of likely N-dealkylation sites (N-methyl/N-ethyl adjacent to an activating group) is 1. The average molecular weight is 901 g/mol. The highest BCUT2D eigenvalue weighted by Crippen LogP contribution is 2.35. The number of hydrogen-bond acceptors (Lipinski definition) is 9. The van der Waals surface area contributed by atoms with Gasteiger partial charge in [0.15, 0.2) is 5.79 Å². The summed E-state index contributed by atoms with van der Waals surface area (Å²) in [6.45, 7) is 10.5. The third-order valence-electron chi connectivity index (χ3n) is 12.1. The molecule has 7 nitrogen and oxygen atoms in total. The van der Waals surface area contributed by atoms with Gasteiger partial charge in [0, 0.05) is 43.7 Å². The Morgan fingerprint density at radius 3 is 1.33 bits per heavy atom. The summed E-state index contributed by atoms with van der Waals surface area (Å²) in [4.78, 5) is 28.0. The molecule has 0 amide bonds. The molecule has 3 atom stereocenters. The van der Waals surface area contributed by atoms with Crippen LogP contribution in [0, 0.1) is 0 Å². The second kappa shape index (κ2) is 42.2. The van der Waals surface area contributed by atoms with Crippen molar-refractivity contribution in [1.29, 1.82) is 0 Å². The number of esters is 2. The maximum Gasteiger partial charge on any atom is 0.306 e. The number of carbonyl (C=O) groups excluding carboxylic acids is 2. The lowest BCUT2D eigenvalue weighted by Crippen LogP contribution is -2.34. The van der Waals surface area contributed by atoms with Crippen LogP contribution in [0.15, 0.2) is 0 Å².